The maximum absolute atomic E-state index is 10.7. The zero-order chi connectivity index (χ0) is 12.2. The van der Waals surface area contributed by atoms with Crippen LogP contribution in [0.25, 0.3) is 0 Å². The molecule has 16 heavy (non-hydrogen) atoms. The average molecular weight is 224 g/mol. The predicted octanol–water partition coefficient (Wildman–Crippen LogP) is 1.28. The molecule has 0 aliphatic carbocycles. The smallest absolute Gasteiger partial charge is 0.330 e. The number of carbonyl (C=O) groups excluding carboxylic acids is 1. The van der Waals surface area contributed by atoms with Gasteiger partial charge >= 0.3 is 5.97 Å². The molecule has 0 heterocycles. The van der Waals surface area contributed by atoms with Gasteiger partial charge in [-0.2, -0.15) is 0 Å². The lowest BCUT2D eigenvalue weighted by molar-refractivity contribution is -0.134. The van der Waals surface area contributed by atoms with Crippen molar-refractivity contribution in [3.8, 4) is 12.3 Å². The highest BCUT2D eigenvalue weighted by Crippen LogP contribution is 1.98. The fraction of sp³-hybridized carbons (Fsp3) is 0.417. The minimum Gasteiger partial charge on any atom is -0.466 e. The summed E-state index contributed by atoms with van der Waals surface area (Å²) < 4.78 is 14.3. The van der Waals surface area contributed by atoms with Crippen molar-refractivity contribution in [3.05, 3.63) is 24.3 Å². The second-order valence-electron chi connectivity index (χ2n) is 2.77. The summed E-state index contributed by atoms with van der Waals surface area (Å²) in [6, 6.07) is 0. The lowest BCUT2D eigenvalue weighted by atomic mass is 10.2. The van der Waals surface area contributed by atoms with Gasteiger partial charge in [0.1, 0.15) is 12.9 Å². The third kappa shape index (κ3) is 7.80. The van der Waals surface area contributed by atoms with Crippen LogP contribution in [0.1, 0.15) is 6.42 Å². The van der Waals surface area contributed by atoms with Crippen molar-refractivity contribution >= 4 is 5.97 Å². The Bertz CT molecular complexity index is 286. The van der Waals surface area contributed by atoms with Gasteiger partial charge in [-0.25, -0.2) is 4.79 Å². The quantitative estimate of drug-likeness (QED) is 0.215. The SMILES string of the molecule is C#C[C@H](C/C=C/C=C\C(=O)OC)OCOC. The van der Waals surface area contributed by atoms with E-state index in [0.717, 1.165) is 0 Å². The molecule has 0 unspecified atom stereocenters. The molecule has 0 fully saturated rings. The number of esters is 1. The van der Waals surface area contributed by atoms with Crippen molar-refractivity contribution in [2.24, 2.45) is 0 Å². The molecule has 0 rings (SSSR count). The van der Waals surface area contributed by atoms with E-state index in [1.807, 2.05) is 0 Å². The second-order valence-corrected chi connectivity index (χ2v) is 2.77. The molecular weight excluding hydrogens is 208 g/mol. The molecule has 0 bridgehead atoms. The highest BCUT2D eigenvalue weighted by atomic mass is 16.7. The van der Waals surface area contributed by atoms with Crippen molar-refractivity contribution in [3.63, 3.8) is 0 Å². The number of carbonyl (C=O) groups is 1. The fourth-order valence-corrected chi connectivity index (χ4v) is 0.817. The third-order valence-corrected chi connectivity index (χ3v) is 1.60. The number of terminal acetylenes is 1. The van der Waals surface area contributed by atoms with Crippen LogP contribution in [0.15, 0.2) is 24.3 Å². The highest BCUT2D eigenvalue weighted by Gasteiger charge is 2.00. The van der Waals surface area contributed by atoms with E-state index >= 15 is 0 Å². The molecule has 0 spiro atoms. The summed E-state index contributed by atoms with van der Waals surface area (Å²) in [5.74, 6) is 2.08. The summed E-state index contributed by atoms with van der Waals surface area (Å²) in [4.78, 5) is 10.7. The van der Waals surface area contributed by atoms with Crippen LogP contribution in [0, 0.1) is 12.3 Å². The predicted molar refractivity (Wildman–Crippen MR) is 60.5 cm³/mol. The van der Waals surface area contributed by atoms with Crippen LogP contribution in [-0.4, -0.2) is 33.1 Å². The molecule has 0 aromatic carbocycles. The molecule has 4 nitrogen and oxygen atoms in total. The van der Waals surface area contributed by atoms with Gasteiger partial charge in [-0.05, 0) is 0 Å². The Morgan fingerprint density at radius 2 is 2.19 bits per heavy atom. The van der Waals surface area contributed by atoms with Gasteiger partial charge in [0.2, 0.25) is 0 Å². The largest absolute Gasteiger partial charge is 0.466 e. The zero-order valence-electron chi connectivity index (χ0n) is 9.51. The standard InChI is InChI=1S/C12H16O4/c1-4-11(16-10-14-2)8-6-5-7-9-12(13)15-3/h1,5-7,9,11H,8,10H2,2-3H3/b6-5+,9-7-/t11-/m1/s1. The summed E-state index contributed by atoms with van der Waals surface area (Å²) in [5.41, 5.74) is 0. The van der Waals surface area contributed by atoms with Gasteiger partial charge in [-0.3, -0.25) is 0 Å². The van der Waals surface area contributed by atoms with Gasteiger partial charge in [0.25, 0.3) is 0 Å². The molecular formula is C12H16O4. The molecule has 0 aromatic rings. The number of rotatable bonds is 7. The molecule has 0 saturated carbocycles. The van der Waals surface area contributed by atoms with E-state index in [1.54, 1.807) is 18.2 Å². The maximum atomic E-state index is 10.7. The summed E-state index contributed by atoms with van der Waals surface area (Å²) >= 11 is 0. The average Bonchev–Trinajstić information content (AvgIpc) is 2.32. The van der Waals surface area contributed by atoms with E-state index in [2.05, 4.69) is 10.7 Å². The van der Waals surface area contributed by atoms with E-state index < -0.39 is 5.97 Å². The van der Waals surface area contributed by atoms with E-state index in [-0.39, 0.29) is 12.9 Å². The topological polar surface area (TPSA) is 44.8 Å². The molecule has 0 N–H and O–H groups in total. The summed E-state index contributed by atoms with van der Waals surface area (Å²) in [6.45, 7) is 0.167. The Balaban J connectivity index is 3.84. The van der Waals surface area contributed by atoms with Crippen LogP contribution < -0.4 is 0 Å². The van der Waals surface area contributed by atoms with Crippen LogP contribution >= 0.6 is 0 Å². The lowest BCUT2D eigenvalue weighted by Crippen LogP contribution is -2.10. The molecule has 0 aliphatic rings. The van der Waals surface area contributed by atoms with Crippen molar-refractivity contribution in [1.29, 1.82) is 0 Å². The van der Waals surface area contributed by atoms with Crippen LogP contribution in [0.2, 0.25) is 0 Å². The van der Waals surface area contributed by atoms with Crippen molar-refractivity contribution in [1.82, 2.24) is 0 Å². The number of hydrogen-bond acceptors (Lipinski definition) is 4. The van der Waals surface area contributed by atoms with Crippen molar-refractivity contribution in [2.45, 2.75) is 12.5 Å². The van der Waals surface area contributed by atoms with Gasteiger partial charge in [-0.15, -0.1) is 6.42 Å². The minimum absolute atomic E-state index is 0.167. The van der Waals surface area contributed by atoms with Crippen molar-refractivity contribution < 1.29 is 19.0 Å². The first-order valence-electron chi connectivity index (χ1n) is 4.72. The Morgan fingerprint density at radius 1 is 1.44 bits per heavy atom. The van der Waals surface area contributed by atoms with Crippen LogP contribution in [-0.2, 0) is 19.0 Å². The molecule has 88 valence electrons. The Kier molecular flexibility index (Phi) is 8.99. The van der Waals surface area contributed by atoms with E-state index in [0.29, 0.717) is 6.42 Å². The van der Waals surface area contributed by atoms with E-state index in [9.17, 15) is 4.79 Å². The second kappa shape index (κ2) is 9.97. The van der Waals surface area contributed by atoms with Crippen molar-refractivity contribution in [2.75, 3.05) is 21.0 Å². The van der Waals surface area contributed by atoms with Gasteiger partial charge in [0.05, 0.1) is 7.11 Å². The van der Waals surface area contributed by atoms with Gasteiger partial charge in [-0.1, -0.05) is 24.1 Å². The highest BCUT2D eigenvalue weighted by molar-refractivity contribution is 5.82. The number of methoxy groups -OCH3 is 2. The molecule has 0 saturated heterocycles. The molecule has 0 amide bonds. The molecule has 4 heteroatoms. The van der Waals surface area contributed by atoms with Crippen LogP contribution in [0.4, 0.5) is 0 Å². The van der Waals surface area contributed by atoms with E-state index in [4.69, 9.17) is 15.9 Å². The van der Waals surface area contributed by atoms with Crippen LogP contribution in [0.5, 0.6) is 0 Å². The normalized spacial score (nSPS) is 12.8. The Hall–Kier alpha value is -1.57. The molecule has 0 aromatic heterocycles. The summed E-state index contributed by atoms with van der Waals surface area (Å²) in [6.07, 6.45) is 11.9. The third-order valence-electron chi connectivity index (χ3n) is 1.60. The van der Waals surface area contributed by atoms with E-state index in [1.165, 1.54) is 20.3 Å². The monoisotopic (exact) mass is 224 g/mol. The summed E-state index contributed by atoms with van der Waals surface area (Å²) in [5, 5.41) is 0. The van der Waals surface area contributed by atoms with Gasteiger partial charge < -0.3 is 14.2 Å². The summed E-state index contributed by atoms with van der Waals surface area (Å²) in [7, 11) is 2.85. The molecule has 0 radical (unpaired) electrons. The first kappa shape index (κ1) is 14.4. The molecule has 1 atom stereocenters. The maximum Gasteiger partial charge on any atom is 0.330 e. The van der Waals surface area contributed by atoms with Gasteiger partial charge in [0, 0.05) is 19.6 Å². The number of ether oxygens (including phenoxy) is 3. The number of hydrogen-bond donors (Lipinski definition) is 0. The zero-order valence-corrected chi connectivity index (χ0v) is 9.51. The first-order valence-corrected chi connectivity index (χ1v) is 4.72. The Labute approximate surface area is 95.9 Å². The Morgan fingerprint density at radius 3 is 2.75 bits per heavy atom. The van der Waals surface area contributed by atoms with Gasteiger partial charge in [0.15, 0.2) is 0 Å². The fourth-order valence-electron chi connectivity index (χ4n) is 0.817. The lowest BCUT2D eigenvalue weighted by Gasteiger charge is -2.07. The minimum atomic E-state index is -0.395. The first-order chi connectivity index (χ1) is 7.74. The molecule has 0 aliphatic heterocycles. The van der Waals surface area contributed by atoms with Crippen LogP contribution in [0.3, 0.4) is 0 Å². The number of allylic oxidation sites excluding steroid dienone is 2.